The molecule has 1 heterocycles. The smallest absolute Gasteiger partial charge is 0.282 e. The Balaban J connectivity index is 1.86. The molecule has 0 unspecified atom stereocenters. The number of benzene rings is 3. The standard InChI is InChI=1S/C23H16ClFN2O3/c1-30-19-9-5-3-7-17(19)26-21-20(14-10-12-15(24)13-11-14)22(28)27(23(21)29)18-8-4-2-6-16(18)25/h2-13,26H,1H3. The van der Waals surface area contributed by atoms with Crippen LogP contribution in [0.3, 0.4) is 0 Å². The van der Waals surface area contributed by atoms with E-state index in [4.69, 9.17) is 16.3 Å². The minimum atomic E-state index is -0.673. The predicted octanol–water partition coefficient (Wildman–Crippen LogP) is 4.88. The SMILES string of the molecule is COc1ccccc1NC1=C(c2ccc(Cl)cc2)C(=O)N(c2ccccc2F)C1=O. The van der Waals surface area contributed by atoms with Crippen LogP contribution in [0.2, 0.25) is 5.02 Å². The number of amides is 2. The Morgan fingerprint density at radius 2 is 1.57 bits per heavy atom. The Bertz CT molecular complexity index is 1180. The lowest BCUT2D eigenvalue weighted by Gasteiger charge is -2.16. The van der Waals surface area contributed by atoms with E-state index in [1.165, 1.54) is 25.3 Å². The molecule has 4 rings (SSSR count). The van der Waals surface area contributed by atoms with Crippen molar-refractivity contribution in [1.82, 2.24) is 0 Å². The molecule has 0 atom stereocenters. The molecule has 1 N–H and O–H groups in total. The average Bonchev–Trinajstić information content (AvgIpc) is 2.99. The highest BCUT2D eigenvalue weighted by atomic mass is 35.5. The second kappa shape index (κ2) is 8.00. The molecule has 1 aliphatic rings. The molecule has 0 saturated heterocycles. The number of hydrogen-bond donors (Lipinski definition) is 1. The van der Waals surface area contributed by atoms with Crippen molar-refractivity contribution < 1.29 is 18.7 Å². The van der Waals surface area contributed by atoms with E-state index in [9.17, 15) is 14.0 Å². The van der Waals surface area contributed by atoms with E-state index in [-0.39, 0.29) is 17.0 Å². The molecular formula is C23H16ClFN2O3. The molecule has 150 valence electrons. The van der Waals surface area contributed by atoms with E-state index in [2.05, 4.69) is 5.32 Å². The lowest BCUT2D eigenvalue weighted by Crippen LogP contribution is -2.33. The minimum absolute atomic E-state index is 0.0232. The Morgan fingerprint density at radius 1 is 0.900 bits per heavy atom. The van der Waals surface area contributed by atoms with Gasteiger partial charge in [0.25, 0.3) is 11.8 Å². The van der Waals surface area contributed by atoms with Gasteiger partial charge in [0.2, 0.25) is 0 Å². The van der Waals surface area contributed by atoms with Crippen molar-refractivity contribution in [3.05, 3.63) is 94.9 Å². The molecular weight excluding hydrogens is 407 g/mol. The maximum atomic E-state index is 14.4. The fourth-order valence-electron chi connectivity index (χ4n) is 3.26. The third-order valence-corrected chi connectivity index (χ3v) is 4.93. The maximum absolute atomic E-state index is 14.4. The molecule has 30 heavy (non-hydrogen) atoms. The van der Waals surface area contributed by atoms with Gasteiger partial charge < -0.3 is 10.1 Å². The summed E-state index contributed by atoms with van der Waals surface area (Å²) in [6.45, 7) is 0. The number of nitrogens with zero attached hydrogens (tertiary/aromatic N) is 1. The summed E-state index contributed by atoms with van der Waals surface area (Å²) in [5.74, 6) is -1.48. The molecule has 0 spiro atoms. The molecule has 3 aromatic rings. The van der Waals surface area contributed by atoms with Crippen LogP contribution in [0.5, 0.6) is 5.75 Å². The van der Waals surface area contributed by atoms with Crippen molar-refractivity contribution in [3.8, 4) is 5.75 Å². The van der Waals surface area contributed by atoms with E-state index >= 15 is 0 Å². The van der Waals surface area contributed by atoms with E-state index < -0.39 is 17.6 Å². The van der Waals surface area contributed by atoms with Crippen LogP contribution in [-0.2, 0) is 9.59 Å². The highest BCUT2D eigenvalue weighted by Gasteiger charge is 2.41. The summed E-state index contributed by atoms with van der Waals surface area (Å²) in [4.78, 5) is 27.4. The number of carbonyl (C=O) groups is 2. The highest BCUT2D eigenvalue weighted by molar-refractivity contribution is 6.46. The fourth-order valence-corrected chi connectivity index (χ4v) is 3.39. The van der Waals surface area contributed by atoms with Crippen molar-refractivity contribution >= 4 is 40.4 Å². The quantitative estimate of drug-likeness (QED) is 0.595. The Kier molecular flexibility index (Phi) is 5.25. The van der Waals surface area contributed by atoms with Crippen molar-refractivity contribution in [2.75, 3.05) is 17.3 Å². The normalized spacial score (nSPS) is 13.8. The van der Waals surface area contributed by atoms with Crippen LogP contribution in [0, 0.1) is 5.82 Å². The highest BCUT2D eigenvalue weighted by Crippen LogP contribution is 2.36. The fraction of sp³-hybridized carbons (Fsp3) is 0.0435. The van der Waals surface area contributed by atoms with Gasteiger partial charge in [-0.2, -0.15) is 0 Å². The Labute approximate surface area is 177 Å². The third kappa shape index (κ3) is 3.42. The maximum Gasteiger partial charge on any atom is 0.282 e. The molecule has 7 heteroatoms. The van der Waals surface area contributed by atoms with Gasteiger partial charge in [-0.1, -0.05) is 48.0 Å². The summed E-state index contributed by atoms with van der Waals surface area (Å²) in [6, 6.07) is 19.1. The molecule has 0 saturated carbocycles. The number of ether oxygens (including phenoxy) is 1. The van der Waals surface area contributed by atoms with Crippen LogP contribution in [0.1, 0.15) is 5.56 Å². The molecule has 0 aliphatic carbocycles. The number of carbonyl (C=O) groups excluding carboxylic acids is 2. The number of halogens is 2. The molecule has 1 aliphatic heterocycles. The molecule has 0 aromatic heterocycles. The van der Waals surface area contributed by atoms with Crippen molar-refractivity contribution in [3.63, 3.8) is 0 Å². The zero-order valence-corrected chi connectivity index (χ0v) is 16.6. The number of rotatable bonds is 5. The Hall–Kier alpha value is -3.64. The van der Waals surface area contributed by atoms with Crippen LogP contribution in [-0.4, -0.2) is 18.9 Å². The molecule has 0 radical (unpaired) electrons. The van der Waals surface area contributed by atoms with Gasteiger partial charge in [-0.15, -0.1) is 0 Å². The lowest BCUT2D eigenvalue weighted by molar-refractivity contribution is -0.120. The summed E-state index contributed by atoms with van der Waals surface area (Å²) in [5, 5.41) is 3.50. The van der Waals surface area contributed by atoms with Gasteiger partial charge in [-0.3, -0.25) is 9.59 Å². The molecule has 3 aromatic carbocycles. The van der Waals surface area contributed by atoms with Gasteiger partial charge in [0.05, 0.1) is 24.1 Å². The summed E-state index contributed by atoms with van der Waals surface area (Å²) in [7, 11) is 1.50. The largest absolute Gasteiger partial charge is 0.495 e. The first-order valence-electron chi connectivity index (χ1n) is 9.05. The second-order valence-electron chi connectivity index (χ2n) is 6.48. The zero-order valence-electron chi connectivity index (χ0n) is 15.9. The minimum Gasteiger partial charge on any atom is -0.495 e. The zero-order chi connectivity index (χ0) is 21.3. The van der Waals surface area contributed by atoms with Gasteiger partial charge >= 0.3 is 0 Å². The van der Waals surface area contributed by atoms with Gasteiger partial charge in [0.1, 0.15) is 17.3 Å². The first-order chi connectivity index (χ1) is 14.5. The predicted molar refractivity (Wildman–Crippen MR) is 114 cm³/mol. The van der Waals surface area contributed by atoms with Gasteiger partial charge in [0.15, 0.2) is 0 Å². The Morgan fingerprint density at radius 3 is 2.27 bits per heavy atom. The van der Waals surface area contributed by atoms with Gasteiger partial charge in [-0.05, 0) is 42.0 Å². The van der Waals surface area contributed by atoms with Gasteiger partial charge in [-0.25, -0.2) is 9.29 Å². The van der Waals surface area contributed by atoms with E-state index in [0.717, 1.165) is 4.90 Å². The number of hydrogen-bond acceptors (Lipinski definition) is 4. The number of imide groups is 1. The lowest BCUT2D eigenvalue weighted by atomic mass is 10.0. The van der Waals surface area contributed by atoms with Crippen LogP contribution < -0.4 is 15.0 Å². The van der Waals surface area contributed by atoms with Crippen molar-refractivity contribution in [1.29, 1.82) is 0 Å². The summed E-state index contributed by atoms with van der Waals surface area (Å²) in [6.07, 6.45) is 0. The summed E-state index contributed by atoms with van der Waals surface area (Å²) < 4.78 is 19.8. The van der Waals surface area contributed by atoms with E-state index in [1.54, 1.807) is 54.6 Å². The molecule has 0 fully saturated rings. The van der Waals surface area contributed by atoms with Crippen LogP contribution in [0.4, 0.5) is 15.8 Å². The molecule has 0 bridgehead atoms. The van der Waals surface area contributed by atoms with Gasteiger partial charge in [0, 0.05) is 5.02 Å². The topological polar surface area (TPSA) is 58.6 Å². The van der Waals surface area contributed by atoms with Crippen LogP contribution in [0.25, 0.3) is 5.57 Å². The van der Waals surface area contributed by atoms with E-state index in [1.807, 2.05) is 0 Å². The monoisotopic (exact) mass is 422 g/mol. The summed E-state index contributed by atoms with van der Waals surface area (Å²) >= 11 is 5.97. The third-order valence-electron chi connectivity index (χ3n) is 4.68. The number of para-hydroxylation sites is 3. The first kappa shape index (κ1) is 19.7. The van der Waals surface area contributed by atoms with Crippen LogP contribution >= 0.6 is 11.6 Å². The second-order valence-corrected chi connectivity index (χ2v) is 6.92. The molecule has 5 nitrogen and oxygen atoms in total. The number of methoxy groups -OCH3 is 1. The van der Waals surface area contributed by atoms with Crippen molar-refractivity contribution in [2.24, 2.45) is 0 Å². The number of anilines is 2. The number of nitrogens with one attached hydrogen (secondary N) is 1. The van der Waals surface area contributed by atoms with E-state index in [0.29, 0.717) is 22.0 Å². The van der Waals surface area contributed by atoms with Crippen LogP contribution in [0.15, 0.2) is 78.5 Å². The average molecular weight is 423 g/mol. The molecule has 2 amide bonds. The summed E-state index contributed by atoms with van der Waals surface area (Å²) in [5.41, 5.74) is 1.00. The first-order valence-corrected chi connectivity index (χ1v) is 9.42. The van der Waals surface area contributed by atoms with Crippen molar-refractivity contribution in [2.45, 2.75) is 0 Å².